The molecule has 0 aliphatic heterocycles. The van der Waals surface area contributed by atoms with E-state index in [-0.39, 0.29) is 16.8 Å². The van der Waals surface area contributed by atoms with E-state index in [4.69, 9.17) is 0 Å². The normalized spacial score (nSPS) is 14.6. The average Bonchev–Trinajstić information content (AvgIpc) is 2.99. The van der Waals surface area contributed by atoms with Gasteiger partial charge in [-0.05, 0) is 69.4 Å². The highest BCUT2D eigenvalue weighted by molar-refractivity contribution is 7.92. The van der Waals surface area contributed by atoms with Gasteiger partial charge in [-0.3, -0.25) is 13.9 Å². The molecule has 3 aromatic carbocycles. The predicted octanol–water partition coefficient (Wildman–Crippen LogP) is 5.80. The van der Waals surface area contributed by atoms with E-state index in [1.165, 1.54) is 10.7 Å². The maximum Gasteiger partial charge on any atom is 0.264 e. The standard InChI is InChI=1S/C34H43N3O4S/c1-4-32(34(39)35-29-13-9-6-10-14-29)36(24-23-28-11-7-5-8-12-28)33(38)25-37(30-19-15-26(2)16-20-30)42(40,41)31-21-17-27(3)18-22-31/h5,7-8,11-12,15-22,29,32H,4,6,9-10,13-14,23-25H2,1-3H3,(H,35,39). The van der Waals surface area contributed by atoms with Gasteiger partial charge in [0.15, 0.2) is 0 Å². The van der Waals surface area contributed by atoms with Crippen molar-refractivity contribution >= 4 is 27.5 Å². The van der Waals surface area contributed by atoms with Crippen LogP contribution in [0, 0.1) is 13.8 Å². The number of sulfonamides is 1. The predicted molar refractivity (Wildman–Crippen MR) is 168 cm³/mol. The van der Waals surface area contributed by atoms with Crippen molar-refractivity contribution in [1.29, 1.82) is 0 Å². The summed E-state index contributed by atoms with van der Waals surface area (Å²) in [5.74, 6) is -0.582. The van der Waals surface area contributed by atoms with Crippen molar-refractivity contribution < 1.29 is 18.0 Å². The number of aryl methyl sites for hydroxylation is 2. The first-order chi connectivity index (χ1) is 20.2. The molecule has 8 heteroatoms. The first kappa shape index (κ1) is 31.3. The number of hydrogen-bond acceptors (Lipinski definition) is 4. The van der Waals surface area contributed by atoms with E-state index < -0.39 is 28.5 Å². The quantitative estimate of drug-likeness (QED) is 0.289. The molecule has 0 saturated heterocycles. The molecule has 0 radical (unpaired) electrons. The van der Waals surface area contributed by atoms with Crippen molar-refractivity contribution in [1.82, 2.24) is 10.2 Å². The van der Waals surface area contributed by atoms with Gasteiger partial charge in [-0.25, -0.2) is 8.42 Å². The average molecular weight is 590 g/mol. The molecule has 0 heterocycles. The Bertz CT molecular complexity index is 1420. The maximum absolute atomic E-state index is 14.2. The Hall–Kier alpha value is -3.65. The van der Waals surface area contributed by atoms with E-state index in [1.54, 1.807) is 41.3 Å². The number of amides is 2. The third kappa shape index (κ3) is 8.00. The number of hydrogen-bond donors (Lipinski definition) is 1. The van der Waals surface area contributed by atoms with Gasteiger partial charge < -0.3 is 10.2 Å². The molecule has 3 aromatic rings. The van der Waals surface area contributed by atoms with Gasteiger partial charge in [-0.2, -0.15) is 0 Å². The monoisotopic (exact) mass is 589 g/mol. The van der Waals surface area contributed by atoms with Crippen LogP contribution in [0.3, 0.4) is 0 Å². The second-order valence-corrected chi connectivity index (χ2v) is 13.1. The highest BCUT2D eigenvalue weighted by Gasteiger charge is 2.34. The zero-order valence-corrected chi connectivity index (χ0v) is 25.8. The SMILES string of the molecule is CCC(C(=O)NC1CCCCC1)N(CCc1ccccc1)C(=O)CN(c1ccc(C)cc1)S(=O)(=O)c1ccc(C)cc1. The molecule has 1 saturated carbocycles. The summed E-state index contributed by atoms with van der Waals surface area (Å²) in [7, 11) is -4.07. The smallest absolute Gasteiger partial charge is 0.264 e. The van der Waals surface area contributed by atoms with Gasteiger partial charge in [-0.15, -0.1) is 0 Å². The molecule has 0 aromatic heterocycles. The molecule has 1 atom stereocenters. The Morgan fingerprint density at radius 1 is 0.857 bits per heavy atom. The summed E-state index contributed by atoms with van der Waals surface area (Å²) in [6, 6.07) is 22.9. The van der Waals surface area contributed by atoms with Gasteiger partial charge in [0, 0.05) is 12.6 Å². The van der Waals surface area contributed by atoms with Crippen LogP contribution in [0.4, 0.5) is 5.69 Å². The first-order valence-electron chi connectivity index (χ1n) is 15.0. The summed E-state index contributed by atoms with van der Waals surface area (Å²) in [4.78, 5) is 29.5. The fraction of sp³-hybridized carbons (Fsp3) is 0.412. The number of rotatable bonds is 12. The highest BCUT2D eigenvalue weighted by atomic mass is 32.2. The van der Waals surface area contributed by atoms with Crippen LogP contribution >= 0.6 is 0 Å². The molecule has 4 rings (SSSR count). The second-order valence-electron chi connectivity index (χ2n) is 11.3. The van der Waals surface area contributed by atoms with Gasteiger partial charge >= 0.3 is 0 Å². The van der Waals surface area contributed by atoms with Crippen LogP contribution < -0.4 is 9.62 Å². The second kappa shape index (κ2) is 14.5. The zero-order chi connectivity index (χ0) is 30.1. The number of benzene rings is 3. The third-order valence-corrected chi connectivity index (χ3v) is 9.82. The summed E-state index contributed by atoms with van der Waals surface area (Å²) in [6.07, 6.45) is 6.20. The Morgan fingerprint density at radius 2 is 1.45 bits per heavy atom. The number of anilines is 1. The molecule has 224 valence electrons. The van der Waals surface area contributed by atoms with Crippen molar-refractivity contribution in [2.24, 2.45) is 0 Å². The molecule has 1 fully saturated rings. The number of nitrogens with zero attached hydrogens (tertiary/aromatic N) is 2. The fourth-order valence-corrected chi connectivity index (χ4v) is 6.93. The van der Waals surface area contributed by atoms with Crippen LogP contribution in [0.2, 0.25) is 0 Å². The minimum Gasteiger partial charge on any atom is -0.352 e. The molecule has 42 heavy (non-hydrogen) atoms. The first-order valence-corrected chi connectivity index (χ1v) is 16.4. The van der Waals surface area contributed by atoms with Gasteiger partial charge in [-0.1, -0.05) is 91.9 Å². The minimum atomic E-state index is -4.07. The Morgan fingerprint density at radius 3 is 2.05 bits per heavy atom. The van der Waals surface area contributed by atoms with Gasteiger partial charge in [0.05, 0.1) is 10.6 Å². The molecule has 1 aliphatic carbocycles. The van der Waals surface area contributed by atoms with Crippen molar-refractivity contribution in [3.8, 4) is 0 Å². The van der Waals surface area contributed by atoms with E-state index in [2.05, 4.69) is 5.32 Å². The minimum absolute atomic E-state index is 0.109. The third-order valence-electron chi connectivity index (χ3n) is 8.03. The van der Waals surface area contributed by atoms with E-state index in [1.807, 2.05) is 63.2 Å². The van der Waals surface area contributed by atoms with Crippen LogP contribution in [-0.2, 0) is 26.0 Å². The highest BCUT2D eigenvalue weighted by Crippen LogP contribution is 2.25. The lowest BCUT2D eigenvalue weighted by molar-refractivity contribution is -0.140. The molecule has 0 spiro atoms. The summed E-state index contributed by atoms with van der Waals surface area (Å²) in [5.41, 5.74) is 3.36. The fourth-order valence-electron chi connectivity index (χ4n) is 5.52. The number of carbonyl (C=O) groups excluding carboxylic acids is 2. The van der Waals surface area contributed by atoms with Crippen LogP contribution in [0.25, 0.3) is 0 Å². The van der Waals surface area contributed by atoms with Crippen LogP contribution in [0.1, 0.15) is 62.1 Å². The van der Waals surface area contributed by atoms with Crippen LogP contribution in [0.15, 0.2) is 83.8 Å². The lowest BCUT2D eigenvalue weighted by Gasteiger charge is -2.34. The molecular formula is C34H43N3O4S. The largest absolute Gasteiger partial charge is 0.352 e. The Labute approximate surface area is 251 Å². The lowest BCUT2D eigenvalue weighted by atomic mass is 9.95. The van der Waals surface area contributed by atoms with Crippen LogP contribution in [-0.4, -0.2) is 50.3 Å². The van der Waals surface area contributed by atoms with E-state index >= 15 is 0 Å². The Balaban J connectivity index is 1.66. The summed E-state index contributed by atoms with van der Waals surface area (Å²) >= 11 is 0. The zero-order valence-electron chi connectivity index (χ0n) is 25.0. The van der Waals surface area contributed by atoms with Crippen molar-refractivity contribution in [2.75, 3.05) is 17.4 Å². The molecule has 2 amide bonds. The van der Waals surface area contributed by atoms with Crippen molar-refractivity contribution in [3.63, 3.8) is 0 Å². The molecule has 7 nitrogen and oxygen atoms in total. The van der Waals surface area contributed by atoms with Gasteiger partial charge in [0.25, 0.3) is 10.0 Å². The number of carbonyl (C=O) groups is 2. The topological polar surface area (TPSA) is 86.8 Å². The molecule has 1 N–H and O–H groups in total. The molecule has 0 bridgehead atoms. The van der Waals surface area contributed by atoms with Gasteiger partial charge in [0.1, 0.15) is 12.6 Å². The molecule has 1 unspecified atom stereocenters. The van der Waals surface area contributed by atoms with Gasteiger partial charge in [0.2, 0.25) is 11.8 Å². The van der Waals surface area contributed by atoms with Crippen molar-refractivity contribution in [3.05, 3.63) is 95.6 Å². The summed E-state index contributed by atoms with van der Waals surface area (Å²) in [5, 5.41) is 3.19. The Kier molecular flexibility index (Phi) is 10.8. The molecular weight excluding hydrogens is 546 g/mol. The maximum atomic E-state index is 14.2. The van der Waals surface area contributed by atoms with E-state index in [0.717, 1.165) is 42.4 Å². The van der Waals surface area contributed by atoms with E-state index in [9.17, 15) is 18.0 Å². The summed E-state index contributed by atoms with van der Waals surface area (Å²) < 4.78 is 29.1. The van der Waals surface area contributed by atoms with Crippen molar-refractivity contribution in [2.45, 2.75) is 82.7 Å². The number of nitrogens with one attached hydrogen (secondary N) is 1. The lowest BCUT2D eigenvalue weighted by Crippen LogP contribution is -2.54. The molecule has 1 aliphatic rings. The summed E-state index contributed by atoms with van der Waals surface area (Å²) in [6.45, 7) is 5.60. The van der Waals surface area contributed by atoms with E-state index in [0.29, 0.717) is 25.1 Å². The van der Waals surface area contributed by atoms with Crippen LogP contribution in [0.5, 0.6) is 0 Å².